The zero-order valence-corrected chi connectivity index (χ0v) is 17.6. The lowest BCUT2D eigenvalue weighted by atomic mass is 9.85. The van der Waals surface area contributed by atoms with E-state index >= 15 is 0 Å². The molecule has 8 nitrogen and oxygen atoms in total. The number of piperazine rings is 1. The maximum Gasteiger partial charge on any atom is 0.490 e. The standard InChI is InChI=1S/C15H29N3O3S.C2HF3O2/c1-3-22(19,20)18-5-4-13-12-21-15(14(13)10-18)11-17-8-6-16(2)7-9-17;3-2(4,5)1(6)7/h13-15H,3-12H2,1-2H3;(H,6,7)/t13-,14-,15+;/m0./s1. The Bertz CT molecular complexity index is 653. The van der Waals surface area contributed by atoms with Crippen LogP contribution in [0.1, 0.15) is 13.3 Å². The van der Waals surface area contributed by atoms with E-state index in [1.165, 1.54) is 0 Å². The van der Waals surface area contributed by atoms with Crippen LogP contribution in [0, 0.1) is 11.8 Å². The van der Waals surface area contributed by atoms with Gasteiger partial charge >= 0.3 is 12.1 Å². The number of halogens is 3. The second-order valence-corrected chi connectivity index (χ2v) is 10.0. The first kappa shape index (κ1) is 24.3. The monoisotopic (exact) mass is 445 g/mol. The van der Waals surface area contributed by atoms with Crippen molar-refractivity contribution in [2.45, 2.75) is 25.6 Å². The van der Waals surface area contributed by atoms with Gasteiger partial charge in [-0.3, -0.25) is 4.90 Å². The molecule has 0 aliphatic carbocycles. The van der Waals surface area contributed by atoms with E-state index in [0.29, 0.717) is 24.9 Å². The van der Waals surface area contributed by atoms with Gasteiger partial charge in [-0.15, -0.1) is 0 Å². The molecule has 0 radical (unpaired) electrons. The Kier molecular flexibility index (Phi) is 8.31. The van der Waals surface area contributed by atoms with E-state index in [9.17, 15) is 21.6 Å². The molecule has 0 bridgehead atoms. The van der Waals surface area contributed by atoms with Crippen LogP contribution in [0.2, 0.25) is 0 Å². The largest absolute Gasteiger partial charge is 0.490 e. The number of hydrogen-bond donors (Lipinski definition) is 1. The summed E-state index contributed by atoms with van der Waals surface area (Å²) >= 11 is 0. The van der Waals surface area contributed by atoms with Gasteiger partial charge in [0, 0.05) is 51.7 Å². The van der Waals surface area contributed by atoms with Gasteiger partial charge in [-0.1, -0.05) is 0 Å². The van der Waals surface area contributed by atoms with Crippen molar-refractivity contribution in [3.05, 3.63) is 0 Å². The minimum absolute atomic E-state index is 0.197. The molecule has 1 N–H and O–H groups in total. The van der Waals surface area contributed by atoms with Crippen molar-refractivity contribution in [2.75, 3.05) is 65.2 Å². The molecule has 0 aromatic rings. The molecule has 0 amide bonds. The number of aliphatic carboxylic acids is 1. The minimum atomic E-state index is -5.08. The van der Waals surface area contributed by atoms with Crippen LogP contribution < -0.4 is 0 Å². The number of nitrogens with zero attached hydrogens (tertiary/aromatic N) is 3. The summed E-state index contributed by atoms with van der Waals surface area (Å²) in [5.41, 5.74) is 0. The molecule has 3 fully saturated rings. The summed E-state index contributed by atoms with van der Waals surface area (Å²) in [5.74, 6) is -1.64. The Labute approximate surface area is 169 Å². The smallest absolute Gasteiger partial charge is 0.475 e. The third-order valence-electron chi connectivity index (χ3n) is 5.81. The molecule has 3 saturated heterocycles. The number of rotatable bonds is 4. The predicted octanol–water partition coefficient (Wildman–Crippen LogP) is 0.554. The summed E-state index contributed by atoms with van der Waals surface area (Å²) in [6, 6.07) is 0. The fourth-order valence-electron chi connectivity index (χ4n) is 3.91. The number of hydrogen-bond acceptors (Lipinski definition) is 6. The summed E-state index contributed by atoms with van der Waals surface area (Å²) in [4.78, 5) is 13.7. The molecule has 3 aliphatic heterocycles. The third kappa shape index (κ3) is 6.78. The number of carboxylic acids is 1. The molecule has 12 heteroatoms. The highest BCUT2D eigenvalue weighted by Crippen LogP contribution is 2.35. The number of likely N-dealkylation sites (N-methyl/N-ethyl adjacent to an activating group) is 1. The van der Waals surface area contributed by atoms with Crippen LogP contribution in [0.15, 0.2) is 0 Å². The number of ether oxygens (including phenoxy) is 1. The first-order valence-corrected chi connectivity index (χ1v) is 11.4. The van der Waals surface area contributed by atoms with E-state index in [-0.39, 0.29) is 11.9 Å². The van der Waals surface area contributed by atoms with Crippen molar-refractivity contribution in [2.24, 2.45) is 11.8 Å². The fourth-order valence-corrected chi connectivity index (χ4v) is 5.05. The maximum atomic E-state index is 12.1. The van der Waals surface area contributed by atoms with E-state index in [4.69, 9.17) is 14.6 Å². The van der Waals surface area contributed by atoms with Crippen molar-refractivity contribution in [3.8, 4) is 0 Å². The van der Waals surface area contributed by atoms with Crippen LogP contribution in [0.25, 0.3) is 0 Å². The highest BCUT2D eigenvalue weighted by molar-refractivity contribution is 7.89. The summed E-state index contributed by atoms with van der Waals surface area (Å²) in [6.45, 7) is 9.21. The Balaban J connectivity index is 0.000000370. The van der Waals surface area contributed by atoms with Gasteiger partial charge in [0.15, 0.2) is 0 Å². The van der Waals surface area contributed by atoms with E-state index in [2.05, 4.69) is 16.8 Å². The molecule has 3 atom stereocenters. The number of fused-ring (bicyclic) bond motifs is 1. The van der Waals surface area contributed by atoms with Gasteiger partial charge in [0.2, 0.25) is 10.0 Å². The first-order chi connectivity index (χ1) is 13.4. The van der Waals surface area contributed by atoms with Crippen LogP contribution >= 0.6 is 0 Å². The molecular formula is C17H30F3N3O5S. The van der Waals surface area contributed by atoms with Crippen LogP contribution in [-0.4, -0.2) is 111 Å². The van der Waals surface area contributed by atoms with E-state index in [1.54, 1.807) is 11.2 Å². The summed E-state index contributed by atoms with van der Waals surface area (Å²) in [5, 5.41) is 7.12. The number of sulfonamides is 1. The maximum absolute atomic E-state index is 12.1. The molecule has 0 saturated carbocycles. The Morgan fingerprint density at radius 2 is 1.76 bits per heavy atom. The Hall–Kier alpha value is -0.950. The van der Waals surface area contributed by atoms with Crippen molar-refractivity contribution in [1.82, 2.24) is 14.1 Å². The van der Waals surface area contributed by atoms with Gasteiger partial charge in [0.25, 0.3) is 0 Å². The van der Waals surface area contributed by atoms with Crippen LogP contribution in [0.3, 0.4) is 0 Å². The lowest BCUT2D eigenvalue weighted by Crippen LogP contribution is -2.50. The van der Waals surface area contributed by atoms with Gasteiger partial charge in [-0.05, 0) is 26.3 Å². The lowest BCUT2D eigenvalue weighted by molar-refractivity contribution is -0.192. The molecular weight excluding hydrogens is 415 g/mol. The van der Waals surface area contributed by atoms with Crippen molar-refractivity contribution < 1.29 is 36.2 Å². The number of carboxylic acid groups (broad SMARTS) is 1. The van der Waals surface area contributed by atoms with E-state index in [0.717, 1.165) is 45.8 Å². The molecule has 170 valence electrons. The second kappa shape index (κ2) is 9.90. The Morgan fingerprint density at radius 1 is 1.17 bits per heavy atom. The van der Waals surface area contributed by atoms with Crippen molar-refractivity contribution in [1.29, 1.82) is 0 Å². The lowest BCUT2D eigenvalue weighted by Gasteiger charge is -2.38. The molecule has 0 unspecified atom stereocenters. The van der Waals surface area contributed by atoms with Crippen LogP contribution in [-0.2, 0) is 19.6 Å². The van der Waals surface area contributed by atoms with Gasteiger partial charge in [0.05, 0.1) is 18.5 Å². The molecule has 3 rings (SSSR count). The summed E-state index contributed by atoms with van der Waals surface area (Å²) in [7, 11) is -0.905. The van der Waals surface area contributed by atoms with Crippen LogP contribution in [0.5, 0.6) is 0 Å². The highest BCUT2D eigenvalue weighted by atomic mass is 32.2. The Morgan fingerprint density at radius 3 is 2.28 bits per heavy atom. The SMILES string of the molecule is CCS(=O)(=O)N1CC[C@H]2CO[C@H](CN3CCN(C)CC3)[C@H]2C1.O=C(O)C(F)(F)F. The normalized spacial score (nSPS) is 29.8. The molecule has 3 aliphatic rings. The van der Waals surface area contributed by atoms with Gasteiger partial charge in [0.1, 0.15) is 0 Å². The number of piperidine rings is 1. The van der Waals surface area contributed by atoms with Gasteiger partial charge in [-0.25, -0.2) is 17.5 Å². The summed E-state index contributed by atoms with van der Waals surface area (Å²) in [6.07, 6.45) is -3.94. The van der Waals surface area contributed by atoms with E-state index < -0.39 is 22.2 Å². The predicted molar refractivity (Wildman–Crippen MR) is 100.0 cm³/mol. The minimum Gasteiger partial charge on any atom is -0.475 e. The second-order valence-electron chi connectivity index (χ2n) is 7.75. The number of carbonyl (C=O) groups is 1. The molecule has 0 aromatic heterocycles. The quantitative estimate of drug-likeness (QED) is 0.676. The van der Waals surface area contributed by atoms with Crippen LogP contribution in [0.4, 0.5) is 13.2 Å². The zero-order valence-electron chi connectivity index (χ0n) is 16.8. The molecule has 0 spiro atoms. The van der Waals surface area contributed by atoms with Gasteiger partial charge in [-0.2, -0.15) is 13.2 Å². The van der Waals surface area contributed by atoms with E-state index in [1.807, 2.05) is 0 Å². The third-order valence-corrected chi connectivity index (χ3v) is 7.65. The summed E-state index contributed by atoms with van der Waals surface area (Å²) < 4.78 is 63.8. The average Bonchev–Trinajstić information content (AvgIpc) is 3.05. The number of alkyl halides is 3. The van der Waals surface area contributed by atoms with Crippen molar-refractivity contribution in [3.63, 3.8) is 0 Å². The topological polar surface area (TPSA) is 90.4 Å². The molecule has 0 aromatic carbocycles. The average molecular weight is 446 g/mol. The molecule has 3 heterocycles. The molecule has 29 heavy (non-hydrogen) atoms. The first-order valence-electron chi connectivity index (χ1n) is 9.74. The zero-order chi connectivity index (χ0) is 21.8. The van der Waals surface area contributed by atoms with Crippen molar-refractivity contribution >= 4 is 16.0 Å². The fraction of sp³-hybridized carbons (Fsp3) is 0.941. The highest BCUT2D eigenvalue weighted by Gasteiger charge is 2.43. The van der Waals surface area contributed by atoms with Gasteiger partial charge < -0.3 is 14.7 Å².